The summed E-state index contributed by atoms with van der Waals surface area (Å²) in [6.45, 7) is 2.44. The number of carbonyl (C=O) groups is 1. The summed E-state index contributed by atoms with van der Waals surface area (Å²) in [5.41, 5.74) is 2.59. The van der Waals surface area contributed by atoms with E-state index in [1.807, 2.05) is 22.8 Å². The van der Waals surface area contributed by atoms with Crippen molar-refractivity contribution in [3.05, 3.63) is 82.4 Å². The topological polar surface area (TPSA) is 99.7 Å². The molecule has 0 spiro atoms. The lowest BCUT2D eigenvalue weighted by Gasteiger charge is -2.12. The molecule has 0 saturated carbocycles. The Kier molecular flexibility index (Phi) is 7.81. The minimum absolute atomic E-state index is 0.0640. The Bertz CT molecular complexity index is 1050. The Morgan fingerprint density at radius 1 is 1.16 bits per heavy atom. The number of aromatic nitrogens is 2. The molecule has 1 amide bonds. The fourth-order valence-corrected chi connectivity index (χ4v) is 3.52. The predicted octanol–water partition coefficient (Wildman–Crippen LogP) is 4.24. The van der Waals surface area contributed by atoms with Gasteiger partial charge in [0.25, 0.3) is 5.91 Å². The van der Waals surface area contributed by atoms with E-state index in [-0.39, 0.29) is 12.3 Å². The van der Waals surface area contributed by atoms with Crippen LogP contribution in [0.2, 0.25) is 5.15 Å². The number of hydrogen-bond acceptors (Lipinski definition) is 5. The molecule has 31 heavy (non-hydrogen) atoms. The van der Waals surface area contributed by atoms with E-state index < -0.39 is 5.91 Å². The fraction of sp³-hybridized carbons (Fsp3) is 0.261. The average Bonchev–Trinajstić information content (AvgIpc) is 3.08. The van der Waals surface area contributed by atoms with Crippen molar-refractivity contribution in [1.29, 1.82) is 0 Å². The molecule has 0 aliphatic rings. The molecule has 0 unspecified atom stereocenters. The molecule has 162 valence electrons. The van der Waals surface area contributed by atoms with Crippen molar-refractivity contribution in [1.82, 2.24) is 9.55 Å². The minimum Gasteiger partial charge on any atom is -0.410 e. The molecule has 3 N–H and O–H groups in total. The first-order valence-corrected chi connectivity index (χ1v) is 10.5. The number of aliphatic hydroxyl groups is 1. The standard InChI is InChI=1S/C23H25ClN4O3/c1-2-3-9-20-26-22(24)19(15-29)28(20)14-16-10-12-18(13-11-16)25-23(30)21(27-31)17-7-5-4-6-8-17/h4-8,10-13,29,31H,2-3,9,14-15H2,1H3,(H,25,30). The van der Waals surface area contributed by atoms with Crippen LogP contribution in [0.4, 0.5) is 5.69 Å². The molecule has 0 atom stereocenters. The van der Waals surface area contributed by atoms with Crippen LogP contribution in [0.5, 0.6) is 0 Å². The van der Waals surface area contributed by atoms with E-state index in [0.717, 1.165) is 30.7 Å². The number of oxime groups is 1. The lowest BCUT2D eigenvalue weighted by Crippen LogP contribution is -2.23. The zero-order valence-electron chi connectivity index (χ0n) is 17.3. The van der Waals surface area contributed by atoms with Crippen LogP contribution in [0.1, 0.15) is 42.4 Å². The van der Waals surface area contributed by atoms with E-state index in [4.69, 9.17) is 11.6 Å². The molecule has 0 radical (unpaired) electrons. The van der Waals surface area contributed by atoms with Crippen molar-refractivity contribution in [2.45, 2.75) is 39.3 Å². The predicted molar refractivity (Wildman–Crippen MR) is 121 cm³/mol. The molecule has 0 fully saturated rings. The normalized spacial score (nSPS) is 11.5. The first-order chi connectivity index (χ1) is 15.1. The highest BCUT2D eigenvalue weighted by Crippen LogP contribution is 2.21. The van der Waals surface area contributed by atoms with Gasteiger partial charge in [0.15, 0.2) is 10.9 Å². The van der Waals surface area contributed by atoms with Gasteiger partial charge in [-0.1, -0.05) is 72.6 Å². The van der Waals surface area contributed by atoms with Gasteiger partial charge < -0.3 is 20.2 Å². The maximum absolute atomic E-state index is 12.5. The number of unbranched alkanes of at least 4 members (excludes halogenated alkanes) is 1. The van der Waals surface area contributed by atoms with Gasteiger partial charge in [0.1, 0.15) is 5.82 Å². The monoisotopic (exact) mass is 440 g/mol. The number of amides is 1. The maximum atomic E-state index is 12.5. The summed E-state index contributed by atoms with van der Waals surface area (Å²) < 4.78 is 1.94. The molecular formula is C23H25ClN4O3. The van der Waals surface area contributed by atoms with E-state index >= 15 is 0 Å². The number of nitrogens with one attached hydrogen (secondary N) is 1. The third kappa shape index (κ3) is 5.51. The second-order valence-electron chi connectivity index (χ2n) is 7.08. The maximum Gasteiger partial charge on any atom is 0.278 e. The smallest absolute Gasteiger partial charge is 0.278 e. The summed E-state index contributed by atoms with van der Waals surface area (Å²) in [5, 5.41) is 25.2. The molecular weight excluding hydrogens is 416 g/mol. The Morgan fingerprint density at radius 2 is 1.87 bits per heavy atom. The second kappa shape index (κ2) is 10.7. The van der Waals surface area contributed by atoms with Crippen LogP contribution >= 0.6 is 11.6 Å². The highest BCUT2D eigenvalue weighted by Gasteiger charge is 2.16. The van der Waals surface area contributed by atoms with Crippen molar-refractivity contribution in [3.63, 3.8) is 0 Å². The molecule has 3 aromatic rings. The Labute approximate surface area is 186 Å². The number of hydrogen-bond donors (Lipinski definition) is 3. The quantitative estimate of drug-likeness (QED) is 0.263. The SMILES string of the molecule is CCCCc1nc(Cl)c(CO)n1Cc1ccc(NC(=O)C(=NO)c2ccccc2)cc1. The number of imidazole rings is 1. The van der Waals surface area contributed by atoms with Crippen LogP contribution in [0.3, 0.4) is 0 Å². The third-order valence-corrected chi connectivity index (χ3v) is 5.22. The highest BCUT2D eigenvalue weighted by atomic mass is 35.5. The van der Waals surface area contributed by atoms with Gasteiger partial charge in [-0.15, -0.1) is 0 Å². The summed E-state index contributed by atoms with van der Waals surface area (Å²) in [4.78, 5) is 16.9. The van der Waals surface area contributed by atoms with Crippen molar-refractivity contribution in [2.75, 3.05) is 5.32 Å². The summed E-state index contributed by atoms with van der Waals surface area (Å²) in [6, 6.07) is 16.1. The van der Waals surface area contributed by atoms with Crippen molar-refractivity contribution >= 4 is 28.9 Å². The molecule has 2 aromatic carbocycles. The van der Waals surface area contributed by atoms with Crippen LogP contribution in [-0.2, 0) is 24.4 Å². The lowest BCUT2D eigenvalue weighted by atomic mass is 10.1. The van der Waals surface area contributed by atoms with Crippen molar-refractivity contribution in [2.24, 2.45) is 5.16 Å². The van der Waals surface area contributed by atoms with Crippen LogP contribution < -0.4 is 5.32 Å². The summed E-state index contributed by atoms with van der Waals surface area (Å²) in [7, 11) is 0. The number of anilines is 1. The van der Waals surface area contributed by atoms with Gasteiger partial charge in [-0.3, -0.25) is 4.79 Å². The first-order valence-electron chi connectivity index (χ1n) is 10.1. The van der Waals surface area contributed by atoms with Crippen molar-refractivity contribution in [3.8, 4) is 0 Å². The molecule has 0 saturated heterocycles. The number of nitrogens with zero attached hydrogens (tertiary/aromatic N) is 3. The van der Waals surface area contributed by atoms with E-state index in [1.54, 1.807) is 36.4 Å². The van der Waals surface area contributed by atoms with E-state index in [2.05, 4.69) is 22.4 Å². The molecule has 0 bridgehead atoms. The Balaban J connectivity index is 1.73. The molecule has 1 heterocycles. The Hall–Kier alpha value is -3.16. The van der Waals surface area contributed by atoms with Gasteiger partial charge >= 0.3 is 0 Å². The van der Waals surface area contributed by atoms with Crippen LogP contribution in [-0.4, -0.2) is 31.5 Å². The number of halogens is 1. The number of benzene rings is 2. The zero-order valence-corrected chi connectivity index (χ0v) is 18.0. The fourth-order valence-electron chi connectivity index (χ4n) is 3.26. The molecule has 0 aliphatic carbocycles. The number of rotatable bonds is 9. The Morgan fingerprint density at radius 3 is 2.48 bits per heavy atom. The average molecular weight is 441 g/mol. The van der Waals surface area contributed by atoms with Crippen LogP contribution in [0, 0.1) is 0 Å². The van der Waals surface area contributed by atoms with Crippen LogP contribution in [0.25, 0.3) is 0 Å². The van der Waals surface area contributed by atoms with Gasteiger partial charge in [0.2, 0.25) is 0 Å². The molecule has 8 heteroatoms. The van der Waals surface area contributed by atoms with Crippen LogP contribution in [0.15, 0.2) is 59.8 Å². The van der Waals surface area contributed by atoms with E-state index in [0.29, 0.717) is 28.6 Å². The molecule has 1 aromatic heterocycles. The summed E-state index contributed by atoms with van der Waals surface area (Å²) in [5.74, 6) is 0.340. The second-order valence-corrected chi connectivity index (χ2v) is 7.44. The summed E-state index contributed by atoms with van der Waals surface area (Å²) >= 11 is 6.20. The van der Waals surface area contributed by atoms with Gasteiger partial charge in [-0.05, 0) is 24.1 Å². The van der Waals surface area contributed by atoms with Gasteiger partial charge in [-0.25, -0.2) is 4.98 Å². The molecule has 3 rings (SSSR count). The third-order valence-electron chi connectivity index (χ3n) is 4.92. The highest BCUT2D eigenvalue weighted by molar-refractivity contribution is 6.48. The first kappa shape index (κ1) is 22.5. The number of aliphatic hydroxyl groups excluding tert-OH is 1. The largest absolute Gasteiger partial charge is 0.410 e. The number of aryl methyl sites for hydroxylation is 1. The number of carbonyl (C=O) groups excluding carboxylic acids is 1. The molecule has 7 nitrogen and oxygen atoms in total. The van der Waals surface area contributed by atoms with E-state index in [9.17, 15) is 15.1 Å². The minimum atomic E-state index is -0.507. The lowest BCUT2D eigenvalue weighted by molar-refractivity contribution is -0.110. The van der Waals surface area contributed by atoms with Gasteiger partial charge in [0.05, 0.1) is 12.3 Å². The van der Waals surface area contributed by atoms with Gasteiger partial charge in [-0.2, -0.15) is 0 Å². The molecule has 0 aliphatic heterocycles. The van der Waals surface area contributed by atoms with E-state index in [1.165, 1.54) is 0 Å². The van der Waals surface area contributed by atoms with Crippen molar-refractivity contribution < 1.29 is 15.1 Å². The summed E-state index contributed by atoms with van der Waals surface area (Å²) in [6.07, 6.45) is 2.81. The van der Waals surface area contributed by atoms with Gasteiger partial charge in [0, 0.05) is 24.2 Å². The zero-order chi connectivity index (χ0) is 22.2.